The van der Waals surface area contributed by atoms with E-state index in [0.29, 0.717) is 22.9 Å². The number of hydrogen-bond acceptors (Lipinski definition) is 5. The molecule has 0 aliphatic heterocycles. The fourth-order valence-corrected chi connectivity index (χ4v) is 3.39. The van der Waals surface area contributed by atoms with Crippen LogP contribution in [0.25, 0.3) is 0 Å². The van der Waals surface area contributed by atoms with E-state index in [4.69, 9.17) is 4.52 Å². The van der Waals surface area contributed by atoms with E-state index in [-0.39, 0.29) is 17.7 Å². The van der Waals surface area contributed by atoms with Crippen molar-refractivity contribution in [2.24, 2.45) is 5.92 Å². The molecule has 1 aromatic carbocycles. The number of anilines is 2. The Hall–Kier alpha value is -2.28. The standard InChI is InChI=1S/C18H21N3O3S/c1-11-16(12(2)24-21-11)9-25-10-17(22)19-14-4-3-5-15(8-14)20-18(23)13-6-7-13/h3-5,8,13H,6-7,9-10H2,1-2H3,(H,19,22)(H,20,23). The van der Waals surface area contributed by atoms with Gasteiger partial charge >= 0.3 is 0 Å². The third-order valence-electron chi connectivity index (χ3n) is 4.02. The van der Waals surface area contributed by atoms with Gasteiger partial charge in [0.05, 0.1) is 11.4 Å². The number of nitrogens with one attached hydrogen (secondary N) is 2. The minimum atomic E-state index is -0.0811. The van der Waals surface area contributed by atoms with Crippen molar-refractivity contribution in [2.45, 2.75) is 32.4 Å². The molecule has 1 aliphatic rings. The fourth-order valence-electron chi connectivity index (χ4n) is 2.42. The Morgan fingerprint density at radius 1 is 1.24 bits per heavy atom. The Morgan fingerprint density at radius 3 is 2.60 bits per heavy atom. The first-order valence-corrected chi connectivity index (χ1v) is 9.38. The number of amides is 2. The molecule has 3 rings (SSSR count). The van der Waals surface area contributed by atoms with E-state index >= 15 is 0 Å². The van der Waals surface area contributed by atoms with Crippen LogP contribution in [0.1, 0.15) is 29.9 Å². The summed E-state index contributed by atoms with van der Waals surface area (Å²) in [6, 6.07) is 7.22. The number of carbonyl (C=O) groups excluding carboxylic acids is 2. The Bertz CT molecular complexity index is 764. The second kappa shape index (κ2) is 7.74. The topological polar surface area (TPSA) is 84.2 Å². The van der Waals surface area contributed by atoms with E-state index in [1.54, 1.807) is 6.07 Å². The number of rotatable bonds is 7. The van der Waals surface area contributed by atoms with Crippen molar-refractivity contribution in [1.29, 1.82) is 0 Å². The van der Waals surface area contributed by atoms with Gasteiger partial charge in [0.15, 0.2) is 0 Å². The van der Waals surface area contributed by atoms with Gasteiger partial charge in [-0.05, 0) is 44.9 Å². The number of hydrogen-bond donors (Lipinski definition) is 2. The van der Waals surface area contributed by atoms with Crippen molar-refractivity contribution < 1.29 is 14.1 Å². The molecule has 2 amide bonds. The normalized spacial score (nSPS) is 13.5. The molecule has 7 heteroatoms. The second-order valence-corrected chi connectivity index (χ2v) is 7.17. The van der Waals surface area contributed by atoms with Crippen molar-refractivity contribution >= 4 is 35.0 Å². The second-order valence-electron chi connectivity index (χ2n) is 6.19. The lowest BCUT2D eigenvalue weighted by Crippen LogP contribution is -2.16. The highest BCUT2D eigenvalue weighted by molar-refractivity contribution is 7.99. The summed E-state index contributed by atoms with van der Waals surface area (Å²) in [5.41, 5.74) is 3.29. The molecule has 0 spiro atoms. The summed E-state index contributed by atoms with van der Waals surface area (Å²) in [6.07, 6.45) is 1.93. The molecule has 0 saturated heterocycles. The van der Waals surface area contributed by atoms with Crippen molar-refractivity contribution in [2.75, 3.05) is 16.4 Å². The SMILES string of the molecule is Cc1noc(C)c1CSCC(=O)Nc1cccc(NC(=O)C2CC2)c1. The van der Waals surface area contributed by atoms with Gasteiger partial charge in [-0.1, -0.05) is 11.2 Å². The summed E-state index contributed by atoms with van der Waals surface area (Å²) in [6.45, 7) is 3.77. The highest BCUT2D eigenvalue weighted by Gasteiger charge is 2.29. The van der Waals surface area contributed by atoms with E-state index in [1.807, 2.05) is 32.0 Å². The van der Waals surface area contributed by atoms with Crippen molar-refractivity contribution in [3.05, 3.63) is 41.3 Å². The largest absolute Gasteiger partial charge is 0.361 e. The number of nitrogens with zero attached hydrogens (tertiary/aromatic N) is 1. The lowest BCUT2D eigenvalue weighted by Gasteiger charge is -2.08. The zero-order valence-corrected chi connectivity index (χ0v) is 15.1. The van der Waals surface area contributed by atoms with Crippen molar-refractivity contribution in [3.8, 4) is 0 Å². The highest BCUT2D eigenvalue weighted by Crippen LogP contribution is 2.30. The average Bonchev–Trinajstić information content (AvgIpc) is 3.37. The minimum absolute atomic E-state index is 0.0542. The maximum Gasteiger partial charge on any atom is 0.234 e. The van der Waals surface area contributed by atoms with Crippen LogP contribution < -0.4 is 10.6 Å². The summed E-state index contributed by atoms with van der Waals surface area (Å²) < 4.78 is 5.12. The van der Waals surface area contributed by atoms with Crippen LogP contribution in [0.4, 0.5) is 11.4 Å². The van der Waals surface area contributed by atoms with E-state index in [2.05, 4.69) is 15.8 Å². The maximum atomic E-state index is 12.1. The van der Waals surface area contributed by atoms with Gasteiger partial charge in [-0.15, -0.1) is 11.8 Å². The van der Waals surface area contributed by atoms with Gasteiger partial charge < -0.3 is 15.2 Å². The molecule has 1 fully saturated rings. The molecule has 6 nitrogen and oxygen atoms in total. The van der Waals surface area contributed by atoms with Gasteiger partial charge in [0.2, 0.25) is 11.8 Å². The number of benzene rings is 1. The summed E-state index contributed by atoms with van der Waals surface area (Å²) >= 11 is 1.51. The molecule has 1 heterocycles. The number of carbonyl (C=O) groups is 2. The van der Waals surface area contributed by atoms with Crippen LogP contribution in [-0.4, -0.2) is 22.7 Å². The summed E-state index contributed by atoms with van der Waals surface area (Å²) in [5, 5.41) is 9.65. The molecule has 1 aromatic heterocycles. The predicted octanol–water partition coefficient (Wildman–Crippen LogP) is 3.51. The Balaban J connectivity index is 1.48. The summed E-state index contributed by atoms with van der Waals surface area (Å²) in [7, 11) is 0. The molecule has 25 heavy (non-hydrogen) atoms. The molecule has 1 saturated carbocycles. The van der Waals surface area contributed by atoms with Gasteiger partial charge in [0, 0.05) is 28.6 Å². The molecule has 0 bridgehead atoms. The highest BCUT2D eigenvalue weighted by atomic mass is 32.2. The van der Waals surface area contributed by atoms with Crippen LogP contribution in [0.3, 0.4) is 0 Å². The molecular formula is C18H21N3O3S. The number of aryl methyl sites for hydroxylation is 2. The van der Waals surface area contributed by atoms with Gasteiger partial charge in [0.25, 0.3) is 0 Å². The average molecular weight is 359 g/mol. The first-order valence-electron chi connectivity index (χ1n) is 8.23. The van der Waals surface area contributed by atoms with Crippen LogP contribution in [0, 0.1) is 19.8 Å². The lowest BCUT2D eigenvalue weighted by atomic mass is 10.2. The van der Waals surface area contributed by atoms with Crippen molar-refractivity contribution in [3.63, 3.8) is 0 Å². The van der Waals surface area contributed by atoms with Crippen LogP contribution in [-0.2, 0) is 15.3 Å². The Kier molecular flexibility index (Phi) is 5.43. The summed E-state index contributed by atoms with van der Waals surface area (Å²) in [4.78, 5) is 23.9. The first kappa shape index (κ1) is 17.5. The van der Waals surface area contributed by atoms with Crippen LogP contribution in [0.5, 0.6) is 0 Å². The molecule has 0 unspecified atom stereocenters. The fraction of sp³-hybridized carbons (Fsp3) is 0.389. The smallest absolute Gasteiger partial charge is 0.234 e. The lowest BCUT2D eigenvalue weighted by molar-refractivity contribution is -0.117. The Morgan fingerprint density at radius 2 is 1.96 bits per heavy atom. The van der Waals surface area contributed by atoms with Gasteiger partial charge in [-0.2, -0.15) is 0 Å². The molecule has 2 N–H and O–H groups in total. The quantitative estimate of drug-likeness (QED) is 0.790. The van der Waals surface area contributed by atoms with E-state index in [0.717, 1.165) is 29.9 Å². The molecule has 0 radical (unpaired) electrons. The minimum Gasteiger partial charge on any atom is -0.361 e. The third kappa shape index (κ3) is 4.85. The van der Waals surface area contributed by atoms with Crippen LogP contribution in [0.15, 0.2) is 28.8 Å². The summed E-state index contributed by atoms with van der Waals surface area (Å²) in [5.74, 6) is 1.94. The van der Waals surface area contributed by atoms with Gasteiger partial charge in [-0.3, -0.25) is 9.59 Å². The van der Waals surface area contributed by atoms with Crippen LogP contribution >= 0.6 is 11.8 Å². The molecular weight excluding hydrogens is 338 g/mol. The Labute approximate surface area is 150 Å². The van der Waals surface area contributed by atoms with E-state index in [1.165, 1.54) is 11.8 Å². The monoisotopic (exact) mass is 359 g/mol. The van der Waals surface area contributed by atoms with Crippen LogP contribution in [0.2, 0.25) is 0 Å². The number of aromatic nitrogens is 1. The third-order valence-corrected chi connectivity index (χ3v) is 4.98. The van der Waals surface area contributed by atoms with Crippen molar-refractivity contribution in [1.82, 2.24) is 5.16 Å². The zero-order valence-electron chi connectivity index (χ0n) is 14.3. The molecule has 1 aliphatic carbocycles. The molecule has 2 aromatic rings. The molecule has 132 valence electrons. The first-order chi connectivity index (χ1) is 12.0. The number of thioether (sulfide) groups is 1. The zero-order chi connectivity index (χ0) is 17.8. The van der Waals surface area contributed by atoms with Gasteiger partial charge in [0.1, 0.15) is 5.76 Å². The molecule has 0 atom stereocenters. The maximum absolute atomic E-state index is 12.1. The van der Waals surface area contributed by atoms with Gasteiger partial charge in [-0.25, -0.2) is 0 Å². The van der Waals surface area contributed by atoms with E-state index in [9.17, 15) is 9.59 Å². The van der Waals surface area contributed by atoms with E-state index < -0.39 is 0 Å². The predicted molar refractivity (Wildman–Crippen MR) is 98.6 cm³/mol.